The largest absolute Gasteiger partial charge is 0.392 e. The van der Waals surface area contributed by atoms with Gasteiger partial charge in [-0.15, -0.1) is 0 Å². The molecule has 4 nitrogen and oxygen atoms in total. The molecule has 0 bridgehead atoms. The van der Waals surface area contributed by atoms with Crippen molar-refractivity contribution >= 4 is 5.91 Å². The number of unbranched alkanes of at least 4 members (excludes halogenated alkanes) is 3. The molecule has 2 aliphatic carbocycles. The lowest BCUT2D eigenvalue weighted by Gasteiger charge is -2.21. The van der Waals surface area contributed by atoms with Gasteiger partial charge in [-0.05, 0) is 63.2 Å². The van der Waals surface area contributed by atoms with Gasteiger partial charge in [0.15, 0.2) is 0 Å². The highest BCUT2D eigenvalue weighted by Crippen LogP contribution is 2.50. The van der Waals surface area contributed by atoms with Crippen LogP contribution >= 0.6 is 0 Å². The lowest BCUT2D eigenvalue weighted by molar-refractivity contribution is -0.131. The third-order valence-corrected chi connectivity index (χ3v) is 7.14. The van der Waals surface area contributed by atoms with E-state index >= 15 is 0 Å². The number of rotatable bonds is 14. The highest BCUT2D eigenvalue weighted by Gasteiger charge is 2.44. The van der Waals surface area contributed by atoms with Crippen LogP contribution in [0.3, 0.4) is 0 Å². The number of carbonyl (C=O) groups excluding carboxylic acids is 1. The van der Waals surface area contributed by atoms with Crippen LogP contribution < -0.4 is 0 Å². The lowest BCUT2D eigenvalue weighted by atomic mass is 9.90. The zero-order valence-electron chi connectivity index (χ0n) is 20.3. The number of aliphatic hydroxyl groups is 2. The Morgan fingerprint density at radius 2 is 1.84 bits per heavy atom. The Kier molecular flexibility index (Phi) is 11.9. The molecule has 0 aromatic carbocycles. The summed E-state index contributed by atoms with van der Waals surface area (Å²) in [6.45, 7) is 8.19. The fourth-order valence-electron chi connectivity index (χ4n) is 5.51. The zero-order chi connectivity index (χ0) is 22.6. The minimum absolute atomic E-state index is 0.176. The van der Waals surface area contributed by atoms with Gasteiger partial charge in [-0.3, -0.25) is 4.79 Å². The number of allylic oxidation sites excluding steroid dienone is 2. The van der Waals surface area contributed by atoms with Crippen LogP contribution in [-0.2, 0) is 4.79 Å². The van der Waals surface area contributed by atoms with Crippen LogP contribution in [0.4, 0.5) is 0 Å². The SMILES string of the molecule is CCCCC[C@H](O)/C=C/[C@@H]1[C@H]2C/C(=C/CCCC(=O)N(CCC)CCC)C[C@H]2C[C@H]1O. The topological polar surface area (TPSA) is 60.8 Å². The zero-order valence-corrected chi connectivity index (χ0v) is 20.3. The van der Waals surface area contributed by atoms with Crippen LogP contribution in [0.1, 0.15) is 97.8 Å². The summed E-state index contributed by atoms with van der Waals surface area (Å²) in [7, 11) is 0. The number of aliphatic hydroxyl groups excluding tert-OH is 2. The standard InChI is InChI=1S/C27H47NO3/c1-4-7-8-12-23(29)14-15-24-25-19-21(18-22(25)20-26(24)30)11-9-10-13-27(31)28(16-5-2)17-6-3/h11,14-15,22-26,29-30H,4-10,12-13,16-20H2,1-3H3/b15-14+,21-11+/t22-,23-,24+,25-,26+/m0/s1. The molecular formula is C27H47NO3. The maximum absolute atomic E-state index is 12.4. The molecule has 0 aromatic heterocycles. The van der Waals surface area contributed by atoms with Gasteiger partial charge in [-0.1, -0.05) is 63.8 Å². The van der Waals surface area contributed by atoms with Crippen molar-refractivity contribution in [1.29, 1.82) is 0 Å². The molecule has 2 N–H and O–H groups in total. The summed E-state index contributed by atoms with van der Waals surface area (Å²) >= 11 is 0. The summed E-state index contributed by atoms with van der Waals surface area (Å²) in [6.07, 6.45) is 17.6. The Morgan fingerprint density at radius 1 is 1.10 bits per heavy atom. The number of amides is 1. The normalized spacial score (nSPS) is 27.8. The molecular weight excluding hydrogens is 386 g/mol. The van der Waals surface area contributed by atoms with Crippen molar-refractivity contribution in [1.82, 2.24) is 4.90 Å². The lowest BCUT2D eigenvalue weighted by Crippen LogP contribution is -2.32. The quantitative estimate of drug-likeness (QED) is 0.275. The van der Waals surface area contributed by atoms with Crippen LogP contribution in [0.5, 0.6) is 0 Å². The maximum Gasteiger partial charge on any atom is 0.222 e. The highest BCUT2D eigenvalue weighted by molar-refractivity contribution is 5.76. The second-order valence-corrected chi connectivity index (χ2v) is 9.80. The molecule has 0 saturated heterocycles. The molecule has 2 fully saturated rings. The summed E-state index contributed by atoms with van der Waals surface area (Å²) in [5, 5.41) is 20.7. The Balaban J connectivity index is 1.78. The second-order valence-electron chi connectivity index (χ2n) is 9.80. The average molecular weight is 434 g/mol. The Morgan fingerprint density at radius 3 is 2.52 bits per heavy atom. The Hall–Kier alpha value is -1.13. The molecule has 0 spiro atoms. The second kappa shape index (κ2) is 14.1. The van der Waals surface area contributed by atoms with Crippen LogP contribution in [-0.4, -0.2) is 46.3 Å². The van der Waals surface area contributed by atoms with E-state index < -0.39 is 0 Å². The van der Waals surface area contributed by atoms with E-state index in [9.17, 15) is 15.0 Å². The molecule has 0 heterocycles. The van der Waals surface area contributed by atoms with Crippen LogP contribution in [0.15, 0.2) is 23.8 Å². The van der Waals surface area contributed by atoms with Crippen LogP contribution in [0.2, 0.25) is 0 Å². The predicted octanol–water partition coefficient (Wildman–Crippen LogP) is 5.64. The van der Waals surface area contributed by atoms with E-state index in [1.165, 1.54) is 12.0 Å². The van der Waals surface area contributed by atoms with Gasteiger partial charge in [0.2, 0.25) is 5.91 Å². The van der Waals surface area contributed by atoms with E-state index in [4.69, 9.17) is 0 Å². The molecule has 31 heavy (non-hydrogen) atoms. The van der Waals surface area contributed by atoms with Crippen molar-refractivity contribution in [2.45, 2.75) is 110 Å². The van der Waals surface area contributed by atoms with Gasteiger partial charge in [0, 0.05) is 25.4 Å². The number of nitrogens with zero attached hydrogens (tertiary/aromatic N) is 1. The van der Waals surface area contributed by atoms with Crippen molar-refractivity contribution in [3.8, 4) is 0 Å². The van der Waals surface area contributed by atoms with E-state index in [-0.39, 0.29) is 18.1 Å². The molecule has 1 amide bonds. The summed E-state index contributed by atoms with van der Waals surface area (Å²) in [5.41, 5.74) is 1.51. The smallest absolute Gasteiger partial charge is 0.222 e. The molecule has 178 valence electrons. The van der Waals surface area contributed by atoms with Crippen molar-refractivity contribution in [2.24, 2.45) is 17.8 Å². The summed E-state index contributed by atoms with van der Waals surface area (Å²) in [6, 6.07) is 0. The van der Waals surface area contributed by atoms with Crippen LogP contribution in [0, 0.1) is 17.8 Å². The van der Waals surface area contributed by atoms with Gasteiger partial charge in [0.25, 0.3) is 0 Å². The first-order valence-corrected chi connectivity index (χ1v) is 13.0. The summed E-state index contributed by atoms with van der Waals surface area (Å²) < 4.78 is 0. The number of hydrogen-bond acceptors (Lipinski definition) is 3. The van der Waals surface area contributed by atoms with Gasteiger partial charge >= 0.3 is 0 Å². The van der Waals surface area contributed by atoms with Gasteiger partial charge in [0.05, 0.1) is 12.2 Å². The minimum atomic E-state index is -0.383. The molecule has 0 radical (unpaired) electrons. The average Bonchev–Trinajstić information content (AvgIpc) is 3.25. The van der Waals surface area contributed by atoms with E-state index in [1.54, 1.807) is 0 Å². The van der Waals surface area contributed by atoms with E-state index in [0.29, 0.717) is 24.2 Å². The van der Waals surface area contributed by atoms with Gasteiger partial charge in [0.1, 0.15) is 0 Å². The van der Waals surface area contributed by atoms with E-state index in [2.05, 4.69) is 32.9 Å². The summed E-state index contributed by atoms with van der Waals surface area (Å²) in [4.78, 5) is 14.4. The van der Waals surface area contributed by atoms with Crippen molar-refractivity contribution in [3.05, 3.63) is 23.8 Å². The Bertz CT molecular complexity index is 579. The monoisotopic (exact) mass is 433 g/mol. The Labute approximate surface area is 190 Å². The van der Waals surface area contributed by atoms with Crippen molar-refractivity contribution < 1.29 is 15.0 Å². The predicted molar refractivity (Wildman–Crippen MR) is 129 cm³/mol. The molecule has 0 unspecified atom stereocenters. The maximum atomic E-state index is 12.4. The molecule has 5 atom stereocenters. The van der Waals surface area contributed by atoms with E-state index in [1.807, 2.05) is 11.0 Å². The number of carbonyl (C=O) groups is 1. The van der Waals surface area contributed by atoms with Crippen molar-refractivity contribution in [3.63, 3.8) is 0 Å². The van der Waals surface area contributed by atoms with Gasteiger partial charge in [-0.25, -0.2) is 0 Å². The first kappa shape index (κ1) is 26.1. The molecule has 2 rings (SSSR count). The third-order valence-electron chi connectivity index (χ3n) is 7.14. The minimum Gasteiger partial charge on any atom is -0.392 e. The first-order chi connectivity index (χ1) is 15.0. The number of hydrogen-bond donors (Lipinski definition) is 2. The van der Waals surface area contributed by atoms with Crippen LogP contribution in [0.25, 0.3) is 0 Å². The number of fused-ring (bicyclic) bond motifs is 1. The summed E-state index contributed by atoms with van der Waals surface area (Å²) in [5.74, 6) is 1.55. The fourth-order valence-corrected chi connectivity index (χ4v) is 5.51. The fraction of sp³-hybridized carbons (Fsp3) is 0.815. The molecule has 2 saturated carbocycles. The van der Waals surface area contributed by atoms with Gasteiger partial charge in [-0.2, -0.15) is 0 Å². The van der Waals surface area contributed by atoms with E-state index in [0.717, 1.165) is 77.3 Å². The third kappa shape index (κ3) is 8.38. The molecule has 0 aromatic rings. The molecule has 0 aliphatic heterocycles. The van der Waals surface area contributed by atoms with Crippen molar-refractivity contribution in [2.75, 3.05) is 13.1 Å². The van der Waals surface area contributed by atoms with Gasteiger partial charge < -0.3 is 15.1 Å². The first-order valence-electron chi connectivity index (χ1n) is 13.0. The molecule has 2 aliphatic rings. The highest BCUT2D eigenvalue weighted by atomic mass is 16.3. The molecule has 4 heteroatoms.